The Morgan fingerprint density at radius 1 is 1.32 bits per heavy atom. The van der Waals surface area contributed by atoms with E-state index in [1.54, 1.807) is 0 Å². The Morgan fingerprint density at radius 2 is 2.05 bits per heavy atom. The quantitative estimate of drug-likeness (QED) is 0.698. The zero-order valence-corrected chi connectivity index (χ0v) is 14.1. The van der Waals surface area contributed by atoms with Crippen molar-refractivity contribution in [3.63, 3.8) is 0 Å². The minimum Gasteiger partial charge on any atom is -0.490 e. The lowest BCUT2D eigenvalue weighted by Gasteiger charge is -2.25. The van der Waals surface area contributed by atoms with Crippen molar-refractivity contribution < 1.29 is 14.2 Å². The minimum atomic E-state index is 0.207. The van der Waals surface area contributed by atoms with E-state index in [4.69, 9.17) is 14.2 Å². The van der Waals surface area contributed by atoms with Gasteiger partial charge in [-0.15, -0.1) is 0 Å². The molecule has 0 bridgehead atoms. The van der Waals surface area contributed by atoms with E-state index in [0.29, 0.717) is 6.61 Å². The third-order valence-electron chi connectivity index (χ3n) is 2.98. The zero-order valence-electron chi connectivity index (χ0n) is 11.0. The summed E-state index contributed by atoms with van der Waals surface area (Å²) in [6, 6.07) is 4.09. The van der Waals surface area contributed by atoms with Crippen LogP contribution < -0.4 is 9.47 Å². The largest absolute Gasteiger partial charge is 0.490 e. The van der Waals surface area contributed by atoms with Crippen LogP contribution in [-0.4, -0.2) is 25.9 Å². The number of halogens is 2. The average molecular weight is 394 g/mol. The van der Waals surface area contributed by atoms with Crippen LogP contribution in [0, 0.1) is 0 Å². The average Bonchev–Trinajstić information content (AvgIpc) is 2.43. The molecule has 1 saturated heterocycles. The lowest BCUT2D eigenvalue weighted by molar-refractivity contribution is 0.0240. The summed E-state index contributed by atoms with van der Waals surface area (Å²) in [6.07, 6.45) is 2.07. The molecule has 1 aliphatic heterocycles. The van der Waals surface area contributed by atoms with Gasteiger partial charge in [0.15, 0.2) is 11.5 Å². The van der Waals surface area contributed by atoms with E-state index in [9.17, 15) is 0 Å². The maximum absolute atomic E-state index is 6.10. The number of ether oxygens (including phenoxy) is 3. The van der Waals surface area contributed by atoms with E-state index in [0.717, 1.165) is 52.9 Å². The number of benzene rings is 1. The second-order valence-corrected chi connectivity index (χ2v) is 5.82. The van der Waals surface area contributed by atoms with Gasteiger partial charge in [-0.05, 0) is 40.5 Å². The van der Waals surface area contributed by atoms with Crippen molar-refractivity contribution in [2.45, 2.75) is 31.2 Å². The summed E-state index contributed by atoms with van der Waals surface area (Å²) in [5.41, 5.74) is 1.16. The summed E-state index contributed by atoms with van der Waals surface area (Å²) >= 11 is 7.04. The van der Waals surface area contributed by atoms with Gasteiger partial charge in [0, 0.05) is 18.2 Å². The normalized spacial score (nSPS) is 16.4. The molecule has 2 rings (SSSR count). The summed E-state index contributed by atoms with van der Waals surface area (Å²) in [6.45, 7) is 4.15. The molecule has 0 radical (unpaired) electrons. The van der Waals surface area contributed by atoms with Crippen LogP contribution in [0.4, 0.5) is 0 Å². The predicted octanol–water partition coefficient (Wildman–Crippen LogP) is 4.30. The molecule has 0 spiro atoms. The Labute approximate surface area is 130 Å². The molecule has 1 aromatic carbocycles. The third kappa shape index (κ3) is 4.10. The fraction of sp³-hybridized carbons (Fsp3) is 0.571. The van der Waals surface area contributed by atoms with Gasteiger partial charge in [0.25, 0.3) is 0 Å². The number of rotatable bonds is 5. The molecule has 0 unspecified atom stereocenters. The molecule has 0 saturated carbocycles. The van der Waals surface area contributed by atoms with Crippen molar-refractivity contribution >= 4 is 31.9 Å². The van der Waals surface area contributed by atoms with Crippen LogP contribution in [0.2, 0.25) is 0 Å². The zero-order chi connectivity index (χ0) is 13.7. The van der Waals surface area contributed by atoms with Crippen molar-refractivity contribution in [3.8, 4) is 11.5 Å². The van der Waals surface area contributed by atoms with E-state index < -0.39 is 0 Å². The molecule has 1 fully saturated rings. The molecule has 1 aliphatic rings. The fourth-order valence-corrected chi connectivity index (χ4v) is 2.94. The third-order valence-corrected chi connectivity index (χ3v) is 4.21. The predicted molar refractivity (Wildman–Crippen MR) is 82.4 cm³/mol. The first kappa shape index (κ1) is 15.1. The molecule has 106 valence electrons. The monoisotopic (exact) mass is 392 g/mol. The van der Waals surface area contributed by atoms with Crippen LogP contribution in [0.3, 0.4) is 0 Å². The smallest absolute Gasteiger partial charge is 0.175 e. The molecule has 0 N–H and O–H groups in total. The summed E-state index contributed by atoms with van der Waals surface area (Å²) in [5, 5.41) is 0.795. The Morgan fingerprint density at radius 3 is 2.68 bits per heavy atom. The van der Waals surface area contributed by atoms with Crippen LogP contribution in [0.1, 0.15) is 25.3 Å². The maximum Gasteiger partial charge on any atom is 0.175 e. The Kier molecular flexibility index (Phi) is 5.98. The van der Waals surface area contributed by atoms with E-state index in [1.165, 1.54) is 0 Å². The van der Waals surface area contributed by atoms with E-state index >= 15 is 0 Å². The Hall–Kier alpha value is -0.260. The molecule has 1 heterocycles. The Bertz CT molecular complexity index is 417. The lowest BCUT2D eigenvalue weighted by Crippen LogP contribution is -2.26. The molecule has 0 aliphatic carbocycles. The highest BCUT2D eigenvalue weighted by Gasteiger charge is 2.20. The van der Waals surface area contributed by atoms with Crippen molar-refractivity contribution in [1.82, 2.24) is 0 Å². The van der Waals surface area contributed by atoms with Crippen LogP contribution in [0.5, 0.6) is 11.5 Å². The van der Waals surface area contributed by atoms with Gasteiger partial charge < -0.3 is 14.2 Å². The van der Waals surface area contributed by atoms with Crippen molar-refractivity contribution in [2.24, 2.45) is 0 Å². The molecular formula is C14H18Br2O3. The highest BCUT2D eigenvalue weighted by atomic mass is 79.9. The SMILES string of the molecule is CCOc1cc(CBr)cc(Br)c1OC1CCOCC1. The molecule has 3 nitrogen and oxygen atoms in total. The van der Waals surface area contributed by atoms with Crippen LogP contribution in [0.25, 0.3) is 0 Å². The first-order valence-electron chi connectivity index (χ1n) is 6.50. The summed E-state index contributed by atoms with van der Waals surface area (Å²) < 4.78 is 18.1. The van der Waals surface area contributed by atoms with Gasteiger partial charge in [-0.25, -0.2) is 0 Å². The van der Waals surface area contributed by atoms with Gasteiger partial charge in [0.2, 0.25) is 0 Å². The number of hydrogen-bond acceptors (Lipinski definition) is 3. The van der Waals surface area contributed by atoms with Gasteiger partial charge in [-0.1, -0.05) is 15.9 Å². The standard InChI is InChI=1S/C14H18Br2O3/c1-2-18-13-8-10(9-15)7-12(16)14(13)19-11-3-5-17-6-4-11/h7-8,11H,2-6,9H2,1H3. The lowest BCUT2D eigenvalue weighted by atomic mass is 10.1. The summed E-state index contributed by atoms with van der Waals surface area (Å²) in [5.74, 6) is 1.61. The second-order valence-electron chi connectivity index (χ2n) is 4.40. The van der Waals surface area contributed by atoms with Crippen LogP contribution >= 0.6 is 31.9 Å². The van der Waals surface area contributed by atoms with Gasteiger partial charge >= 0.3 is 0 Å². The van der Waals surface area contributed by atoms with Crippen molar-refractivity contribution in [1.29, 1.82) is 0 Å². The first-order valence-corrected chi connectivity index (χ1v) is 8.41. The molecule has 5 heteroatoms. The first-order chi connectivity index (χ1) is 9.24. The molecule has 0 atom stereocenters. The van der Waals surface area contributed by atoms with Gasteiger partial charge in [0.1, 0.15) is 6.10 Å². The second kappa shape index (κ2) is 7.50. The van der Waals surface area contributed by atoms with Crippen LogP contribution in [0.15, 0.2) is 16.6 Å². The minimum absolute atomic E-state index is 0.207. The highest BCUT2D eigenvalue weighted by molar-refractivity contribution is 9.10. The summed E-state index contributed by atoms with van der Waals surface area (Å²) in [7, 11) is 0. The van der Waals surface area contributed by atoms with Crippen LogP contribution in [-0.2, 0) is 10.1 Å². The number of hydrogen-bond donors (Lipinski definition) is 0. The van der Waals surface area contributed by atoms with E-state index in [2.05, 4.69) is 37.9 Å². The maximum atomic E-state index is 6.10. The van der Waals surface area contributed by atoms with Crippen molar-refractivity contribution in [3.05, 3.63) is 22.2 Å². The number of alkyl halides is 1. The van der Waals surface area contributed by atoms with Gasteiger partial charge in [0.05, 0.1) is 24.3 Å². The molecule has 19 heavy (non-hydrogen) atoms. The van der Waals surface area contributed by atoms with E-state index in [1.807, 2.05) is 13.0 Å². The Balaban J connectivity index is 2.20. The highest BCUT2D eigenvalue weighted by Crippen LogP contribution is 2.38. The summed E-state index contributed by atoms with van der Waals surface area (Å²) in [4.78, 5) is 0. The molecule has 0 aromatic heterocycles. The fourth-order valence-electron chi connectivity index (χ4n) is 2.04. The van der Waals surface area contributed by atoms with Crippen molar-refractivity contribution in [2.75, 3.05) is 19.8 Å². The van der Waals surface area contributed by atoms with Gasteiger partial charge in [-0.3, -0.25) is 0 Å². The van der Waals surface area contributed by atoms with Gasteiger partial charge in [-0.2, -0.15) is 0 Å². The molecule has 1 aromatic rings. The molecular weight excluding hydrogens is 376 g/mol. The molecule has 0 amide bonds. The van der Waals surface area contributed by atoms with E-state index in [-0.39, 0.29) is 6.10 Å². The topological polar surface area (TPSA) is 27.7 Å².